The van der Waals surface area contributed by atoms with Gasteiger partial charge in [-0.15, -0.1) is 0 Å². The molecular weight excluding hydrogens is 466 g/mol. The highest BCUT2D eigenvalue weighted by atomic mass is 31.2. The molecule has 1 unspecified atom stereocenters. The molecule has 0 bridgehead atoms. The Labute approximate surface area is 212 Å². The Morgan fingerprint density at radius 1 is 0.735 bits per heavy atom. The van der Waals surface area contributed by atoms with E-state index in [1.54, 1.807) is 0 Å². The summed E-state index contributed by atoms with van der Waals surface area (Å²) in [6, 6.07) is 4.28. The van der Waals surface area contributed by atoms with E-state index in [1.807, 2.05) is 0 Å². The van der Waals surface area contributed by atoms with Crippen molar-refractivity contribution in [3.05, 3.63) is 28.8 Å². The zero-order valence-electron chi connectivity index (χ0n) is 22.9. The summed E-state index contributed by atoms with van der Waals surface area (Å²) < 4.78 is 17.5. The molecule has 0 saturated carbocycles. The summed E-state index contributed by atoms with van der Waals surface area (Å²) in [5, 5.41) is 0. The Hall–Kier alpha value is -0.280. The molecule has 1 aromatic carbocycles. The van der Waals surface area contributed by atoms with Gasteiger partial charge in [-0.05, 0) is 24.2 Å². The van der Waals surface area contributed by atoms with Gasteiger partial charge in [-0.1, -0.05) is 124 Å². The molecule has 0 radical (unpaired) electrons. The molecule has 198 valence electrons. The van der Waals surface area contributed by atoms with Gasteiger partial charge in [0.15, 0.2) is 0 Å². The smallest absolute Gasteiger partial charge is 0.404 e. The molecule has 5 nitrogen and oxygen atoms in total. The number of hydrogen-bond acceptors (Lipinski definition) is 5. The highest BCUT2D eigenvalue weighted by molar-refractivity contribution is 7.54. The quantitative estimate of drug-likeness (QED) is 0.169. The van der Waals surface area contributed by atoms with Crippen molar-refractivity contribution in [1.82, 2.24) is 0 Å². The molecule has 34 heavy (non-hydrogen) atoms. The first kappa shape index (κ1) is 31.7. The minimum atomic E-state index is -2.58. The fraction of sp³-hybridized carbons (Fsp3) is 0.778. The van der Waals surface area contributed by atoms with E-state index >= 15 is 0 Å². The summed E-state index contributed by atoms with van der Waals surface area (Å²) in [5.74, 6) is 0.733. The predicted octanol–water partition coefficient (Wildman–Crippen LogP) is 9.36. The van der Waals surface area contributed by atoms with Crippen LogP contribution in [0.2, 0.25) is 0 Å². The van der Waals surface area contributed by atoms with Gasteiger partial charge in [0.1, 0.15) is 5.75 Å². The molecule has 2 N–H and O–H groups in total. The fourth-order valence-corrected chi connectivity index (χ4v) is 5.39. The summed E-state index contributed by atoms with van der Waals surface area (Å²) >= 11 is 0. The second-order valence-electron chi connectivity index (χ2n) is 11.4. The number of hydrogen-bond donors (Lipinski definition) is 2. The van der Waals surface area contributed by atoms with Crippen LogP contribution in [-0.2, 0) is 19.7 Å². The van der Waals surface area contributed by atoms with E-state index in [1.165, 1.54) is 56.9 Å². The first-order valence-corrected chi connectivity index (χ1v) is 15.2. The first-order chi connectivity index (χ1) is 15.9. The van der Waals surface area contributed by atoms with E-state index in [4.69, 9.17) is 13.4 Å². The molecule has 0 aromatic heterocycles. The first-order valence-electron chi connectivity index (χ1n) is 13.0. The topological polar surface area (TPSA) is 68.2 Å². The third-order valence-electron chi connectivity index (χ3n) is 5.85. The minimum absolute atomic E-state index is 0.151. The van der Waals surface area contributed by atoms with E-state index in [-0.39, 0.29) is 10.8 Å². The average Bonchev–Trinajstić information content (AvgIpc) is 2.70. The van der Waals surface area contributed by atoms with Gasteiger partial charge in [0.05, 0.1) is 6.61 Å². The van der Waals surface area contributed by atoms with Gasteiger partial charge in [-0.2, -0.15) is 0 Å². The van der Waals surface area contributed by atoms with E-state index in [0.29, 0.717) is 6.61 Å². The fourth-order valence-electron chi connectivity index (χ4n) is 3.92. The van der Waals surface area contributed by atoms with Gasteiger partial charge in [-0.25, -0.2) is 4.31 Å². The minimum Gasteiger partial charge on any atom is -0.426 e. The maximum Gasteiger partial charge on any atom is 0.404 e. The molecule has 0 aliphatic heterocycles. The molecule has 0 fully saturated rings. The Kier molecular flexibility index (Phi) is 14.7. The van der Waals surface area contributed by atoms with Crippen molar-refractivity contribution < 1.29 is 23.1 Å². The Morgan fingerprint density at radius 2 is 1.18 bits per heavy atom. The van der Waals surface area contributed by atoms with Crippen LogP contribution in [0.15, 0.2) is 12.1 Å². The van der Waals surface area contributed by atoms with Crippen molar-refractivity contribution in [3.63, 3.8) is 0 Å². The van der Waals surface area contributed by atoms with Gasteiger partial charge in [0, 0.05) is 11.1 Å². The van der Waals surface area contributed by atoms with Crippen LogP contribution < -0.4 is 4.52 Å². The summed E-state index contributed by atoms with van der Waals surface area (Å²) in [7, 11) is -4.50. The number of rotatable bonds is 16. The summed E-state index contributed by atoms with van der Waals surface area (Å²) in [6.45, 7) is 17.7. The second kappa shape index (κ2) is 15.7. The molecular formula is C27H50O5P2. The maximum absolute atomic E-state index is 9.53. The van der Waals surface area contributed by atoms with Crippen molar-refractivity contribution in [2.24, 2.45) is 0 Å². The van der Waals surface area contributed by atoms with E-state index in [2.05, 4.69) is 67.5 Å². The monoisotopic (exact) mass is 516 g/mol. The van der Waals surface area contributed by atoms with E-state index < -0.39 is 17.2 Å². The number of benzene rings is 1. The van der Waals surface area contributed by atoms with Crippen molar-refractivity contribution in [2.45, 2.75) is 130 Å². The van der Waals surface area contributed by atoms with Crippen molar-refractivity contribution in [3.8, 4) is 5.75 Å². The zero-order chi connectivity index (χ0) is 25.8. The lowest BCUT2D eigenvalue weighted by molar-refractivity contribution is 0.244. The normalized spacial score (nSPS) is 13.5. The van der Waals surface area contributed by atoms with E-state index in [0.717, 1.165) is 29.7 Å². The third kappa shape index (κ3) is 12.6. The van der Waals surface area contributed by atoms with Gasteiger partial charge in [0.25, 0.3) is 0 Å². The summed E-state index contributed by atoms with van der Waals surface area (Å²) in [5.41, 5.74) is 3.00. The second-order valence-corrected chi connectivity index (χ2v) is 13.4. The van der Waals surface area contributed by atoms with Crippen LogP contribution in [0.3, 0.4) is 0 Å². The largest absolute Gasteiger partial charge is 0.426 e. The molecule has 0 spiro atoms. The van der Waals surface area contributed by atoms with Crippen molar-refractivity contribution >= 4 is 17.2 Å². The molecule has 1 atom stereocenters. The molecule has 0 aliphatic carbocycles. The Balaban J connectivity index is 2.74. The Bertz CT molecular complexity index is 660. The average molecular weight is 517 g/mol. The Morgan fingerprint density at radius 3 is 1.59 bits per heavy atom. The summed E-state index contributed by atoms with van der Waals surface area (Å²) in [4.78, 5) is 19.1. The van der Waals surface area contributed by atoms with Crippen molar-refractivity contribution in [2.75, 3.05) is 6.61 Å². The van der Waals surface area contributed by atoms with Crippen LogP contribution in [0.4, 0.5) is 0 Å². The third-order valence-corrected chi connectivity index (χ3v) is 7.69. The van der Waals surface area contributed by atoms with Crippen molar-refractivity contribution in [1.29, 1.82) is 0 Å². The lowest BCUT2D eigenvalue weighted by Gasteiger charge is -2.31. The van der Waals surface area contributed by atoms with Crippen LogP contribution in [0.25, 0.3) is 0 Å². The molecule has 0 amide bonds. The van der Waals surface area contributed by atoms with Crippen LogP contribution in [0, 0.1) is 6.92 Å². The SMILES string of the molecule is CCCCCCCCCCCCOP(Oc1c(C(C)(C)C)cc(C)cc1C(C)(C)C)OP(O)O. The van der Waals surface area contributed by atoms with Crippen LogP contribution >= 0.6 is 17.2 Å². The molecule has 0 heterocycles. The zero-order valence-corrected chi connectivity index (χ0v) is 24.7. The molecule has 1 rings (SSSR count). The van der Waals surface area contributed by atoms with Crippen LogP contribution in [0.1, 0.15) is 129 Å². The van der Waals surface area contributed by atoms with Crippen LogP contribution in [-0.4, -0.2) is 16.4 Å². The van der Waals surface area contributed by atoms with Gasteiger partial charge in [0.2, 0.25) is 0 Å². The predicted molar refractivity (Wildman–Crippen MR) is 146 cm³/mol. The molecule has 0 saturated heterocycles. The number of unbranched alkanes of at least 4 members (excludes halogenated alkanes) is 9. The maximum atomic E-state index is 9.53. The lowest BCUT2D eigenvalue weighted by atomic mass is 9.78. The molecule has 7 heteroatoms. The molecule has 1 aromatic rings. The van der Waals surface area contributed by atoms with Crippen LogP contribution in [0.5, 0.6) is 5.75 Å². The van der Waals surface area contributed by atoms with Gasteiger partial charge in [-0.3, -0.25) is 0 Å². The lowest BCUT2D eigenvalue weighted by Crippen LogP contribution is -2.19. The number of aryl methyl sites for hydroxylation is 1. The summed E-state index contributed by atoms with van der Waals surface area (Å²) in [6.07, 6.45) is 12.5. The highest BCUT2D eigenvalue weighted by Gasteiger charge is 2.31. The highest BCUT2D eigenvalue weighted by Crippen LogP contribution is 2.54. The van der Waals surface area contributed by atoms with Gasteiger partial charge < -0.3 is 18.8 Å². The van der Waals surface area contributed by atoms with E-state index in [9.17, 15) is 9.79 Å². The molecule has 0 aliphatic rings. The van der Waals surface area contributed by atoms with Gasteiger partial charge >= 0.3 is 17.2 Å². The standard InChI is InChI=1S/C27H50O5P2/c1-9-10-11-12-13-14-15-16-17-18-19-30-34(32-33(28)29)31-25-23(26(3,4)5)20-22(2)21-24(25)27(6,7)8/h20-21,28-29H,9-19H2,1-8H3.